The lowest BCUT2D eigenvalue weighted by atomic mass is 9.89. The Morgan fingerprint density at radius 2 is 0.833 bits per heavy atom. The van der Waals surface area contributed by atoms with Crippen molar-refractivity contribution in [3.63, 3.8) is 0 Å². The van der Waals surface area contributed by atoms with E-state index in [0.29, 0.717) is 25.7 Å². The molecule has 100 valence electrons. The first-order chi connectivity index (χ1) is 8.45. The van der Waals surface area contributed by atoms with Gasteiger partial charge < -0.3 is 10.2 Å². The highest BCUT2D eigenvalue weighted by molar-refractivity contribution is 5.14. The van der Waals surface area contributed by atoms with Gasteiger partial charge in [-0.3, -0.25) is 0 Å². The molecule has 0 heterocycles. The molecule has 2 N–H and O–H groups in total. The van der Waals surface area contributed by atoms with Crippen molar-refractivity contribution in [2.24, 2.45) is 0 Å². The standard InChI is InChI=1S/C16H24O2/c1-5-9-15(17,10-6-2)13-14-16(18,11-7-3)12-8-4/h5-8,13-14,17-18H,1-4,9-12H2/b14-13+. The molecular formula is C16H24O2. The molecule has 0 bridgehead atoms. The maximum atomic E-state index is 10.3. The van der Waals surface area contributed by atoms with Crippen molar-refractivity contribution in [3.8, 4) is 0 Å². The first kappa shape index (κ1) is 16.6. The topological polar surface area (TPSA) is 40.5 Å². The zero-order valence-electron chi connectivity index (χ0n) is 11.0. The highest BCUT2D eigenvalue weighted by Gasteiger charge is 2.25. The number of hydrogen-bond donors (Lipinski definition) is 2. The van der Waals surface area contributed by atoms with Crippen molar-refractivity contribution in [2.45, 2.75) is 36.9 Å². The van der Waals surface area contributed by atoms with Gasteiger partial charge in [0, 0.05) is 0 Å². The zero-order chi connectivity index (χ0) is 14.1. The van der Waals surface area contributed by atoms with E-state index in [0.717, 1.165) is 0 Å². The quantitative estimate of drug-likeness (QED) is 0.582. The zero-order valence-corrected chi connectivity index (χ0v) is 11.0. The van der Waals surface area contributed by atoms with Crippen molar-refractivity contribution < 1.29 is 10.2 Å². The van der Waals surface area contributed by atoms with E-state index in [4.69, 9.17) is 0 Å². The average Bonchev–Trinajstić information content (AvgIpc) is 2.28. The first-order valence-electron chi connectivity index (χ1n) is 6.04. The number of rotatable bonds is 10. The predicted octanol–water partition coefficient (Wildman–Crippen LogP) is 3.31. The molecular weight excluding hydrogens is 224 g/mol. The van der Waals surface area contributed by atoms with Gasteiger partial charge >= 0.3 is 0 Å². The fourth-order valence-electron chi connectivity index (χ4n) is 1.75. The Balaban J connectivity index is 5.00. The Morgan fingerprint density at radius 3 is 1.00 bits per heavy atom. The summed E-state index contributed by atoms with van der Waals surface area (Å²) in [4.78, 5) is 0. The van der Waals surface area contributed by atoms with E-state index in [9.17, 15) is 10.2 Å². The fraction of sp³-hybridized carbons (Fsp3) is 0.375. The molecule has 0 aliphatic carbocycles. The van der Waals surface area contributed by atoms with E-state index in [1.165, 1.54) is 0 Å². The lowest BCUT2D eigenvalue weighted by Gasteiger charge is -2.26. The summed E-state index contributed by atoms with van der Waals surface area (Å²) in [5, 5.41) is 20.6. The summed E-state index contributed by atoms with van der Waals surface area (Å²) in [5.74, 6) is 0. The molecule has 0 rings (SSSR count). The van der Waals surface area contributed by atoms with Crippen molar-refractivity contribution in [3.05, 3.63) is 62.8 Å². The summed E-state index contributed by atoms with van der Waals surface area (Å²) in [6.45, 7) is 14.5. The molecule has 2 nitrogen and oxygen atoms in total. The van der Waals surface area contributed by atoms with Crippen LogP contribution in [0.2, 0.25) is 0 Å². The van der Waals surface area contributed by atoms with Crippen LogP contribution < -0.4 is 0 Å². The van der Waals surface area contributed by atoms with E-state index in [1.54, 1.807) is 36.5 Å². The summed E-state index contributed by atoms with van der Waals surface area (Å²) in [6.07, 6.45) is 11.5. The van der Waals surface area contributed by atoms with E-state index >= 15 is 0 Å². The third-order valence-electron chi connectivity index (χ3n) is 2.70. The number of hydrogen-bond acceptors (Lipinski definition) is 2. The lowest BCUT2D eigenvalue weighted by molar-refractivity contribution is 0.0794. The SMILES string of the molecule is C=CCC(O)(/C=C/C(O)(CC=C)CC=C)CC=C. The van der Waals surface area contributed by atoms with Crippen LogP contribution >= 0.6 is 0 Å². The average molecular weight is 248 g/mol. The smallest absolute Gasteiger partial charge is 0.0897 e. The van der Waals surface area contributed by atoms with E-state index in [1.807, 2.05) is 0 Å². The second-order valence-corrected chi connectivity index (χ2v) is 4.51. The summed E-state index contributed by atoms with van der Waals surface area (Å²) < 4.78 is 0. The lowest BCUT2D eigenvalue weighted by Crippen LogP contribution is -2.29. The molecule has 0 fully saturated rings. The van der Waals surface area contributed by atoms with Crippen molar-refractivity contribution in [1.29, 1.82) is 0 Å². The Hall–Kier alpha value is -1.38. The van der Waals surface area contributed by atoms with Crippen LogP contribution in [0.3, 0.4) is 0 Å². The largest absolute Gasteiger partial charge is 0.385 e. The minimum absolute atomic E-state index is 0.410. The Labute approximate surface area is 110 Å². The fourth-order valence-corrected chi connectivity index (χ4v) is 1.75. The molecule has 0 aromatic carbocycles. The molecule has 0 aliphatic rings. The molecule has 0 atom stereocenters. The Morgan fingerprint density at radius 1 is 0.611 bits per heavy atom. The Bertz CT molecular complexity index is 274. The molecule has 0 aromatic heterocycles. The van der Waals surface area contributed by atoms with Gasteiger partial charge in [0.25, 0.3) is 0 Å². The van der Waals surface area contributed by atoms with E-state index < -0.39 is 11.2 Å². The predicted molar refractivity (Wildman–Crippen MR) is 78.3 cm³/mol. The van der Waals surface area contributed by atoms with Gasteiger partial charge in [-0.15, -0.1) is 26.3 Å². The molecule has 2 heteroatoms. The van der Waals surface area contributed by atoms with Crippen molar-refractivity contribution in [1.82, 2.24) is 0 Å². The van der Waals surface area contributed by atoms with Gasteiger partial charge in [-0.2, -0.15) is 0 Å². The highest BCUT2D eigenvalue weighted by Crippen LogP contribution is 2.24. The van der Waals surface area contributed by atoms with Gasteiger partial charge in [0.2, 0.25) is 0 Å². The van der Waals surface area contributed by atoms with Gasteiger partial charge in [-0.1, -0.05) is 36.5 Å². The van der Waals surface area contributed by atoms with Crippen molar-refractivity contribution >= 4 is 0 Å². The highest BCUT2D eigenvalue weighted by atomic mass is 16.3. The third-order valence-corrected chi connectivity index (χ3v) is 2.70. The molecule has 0 saturated heterocycles. The van der Waals surface area contributed by atoms with Gasteiger partial charge in [-0.05, 0) is 25.7 Å². The van der Waals surface area contributed by atoms with E-state index in [-0.39, 0.29) is 0 Å². The van der Waals surface area contributed by atoms with Crippen LogP contribution in [0.1, 0.15) is 25.7 Å². The van der Waals surface area contributed by atoms with Crippen LogP contribution in [0.5, 0.6) is 0 Å². The molecule has 0 unspecified atom stereocenters. The third kappa shape index (κ3) is 5.80. The number of aliphatic hydroxyl groups is 2. The van der Waals surface area contributed by atoms with Crippen LogP contribution in [0, 0.1) is 0 Å². The Kier molecular flexibility index (Phi) is 7.25. The summed E-state index contributed by atoms with van der Waals surface area (Å²) >= 11 is 0. The molecule has 18 heavy (non-hydrogen) atoms. The molecule has 0 aliphatic heterocycles. The van der Waals surface area contributed by atoms with Gasteiger partial charge in [-0.25, -0.2) is 0 Å². The van der Waals surface area contributed by atoms with Crippen molar-refractivity contribution in [2.75, 3.05) is 0 Å². The molecule has 0 saturated carbocycles. The van der Waals surface area contributed by atoms with Crippen LogP contribution in [0.25, 0.3) is 0 Å². The second kappa shape index (κ2) is 7.85. The second-order valence-electron chi connectivity index (χ2n) is 4.51. The van der Waals surface area contributed by atoms with E-state index in [2.05, 4.69) is 26.3 Å². The normalized spacial score (nSPS) is 12.3. The van der Waals surface area contributed by atoms with Gasteiger partial charge in [0.15, 0.2) is 0 Å². The monoisotopic (exact) mass is 248 g/mol. The molecule has 0 spiro atoms. The van der Waals surface area contributed by atoms with Crippen LogP contribution in [0.15, 0.2) is 62.8 Å². The summed E-state index contributed by atoms with van der Waals surface area (Å²) in [5.41, 5.74) is -2.08. The minimum Gasteiger partial charge on any atom is -0.385 e. The van der Waals surface area contributed by atoms with Crippen LogP contribution in [-0.4, -0.2) is 21.4 Å². The molecule has 0 aromatic rings. The summed E-state index contributed by atoms with van der Waals surface area (Å²) in [6, 6.07) is 0. The van der Waals surface area contributed by atoms with Crippen LogP contribution in [0.4, 0.5) is 0 Å². The molecule has 0 radical (unpaired) electrons. The maximum absolute atomic E-state index is 10.3. The first-order valence-corrected chi connectivity index (χ1v) is 6.04. The molecule has 0 amide bonds. The maximum Gasteiger partial charge on any atom is 0.0897 e. The van der Waals surface area contributed by atoms with Gasteiger partial charge in [0.1, 0.15) is 0 Å². The van der Waals surface area contributed by atoms with Gasteiger partial charge in [0.05, 0.1) is 11.2 Å². The van der Waals surface area contributed by atoms with Crippen LogP contribution in [-0.2, 0) is 0 Å². The summed E-state index contributed by atoms with van der Waals surface area (Å²) in [7, 11) is 0. The minimum atomic E-state index is -1.04.